The summed E-state index contributed by atoms with van der Waals surface area (Å²) in [4.78, 5) is 24.5. The molecule has 3 aromatic rings. The molecule has 0 saturated carbocycles. The summed E-state index contributed by atoms with van der Waals surface area (Å²) >= 11 is 5.98. The second kappa shape index (κ2) is 6.45. The van der Waals surface area contributed by atoms with E-state index in [1.54, 1.807) is 37.4 Å². The molecule has 0 aliphatic rings. The van der Waals surface area contributed by atoms with Crippen molar-refractivity contribution in [1.82, 2.24) is 9.78 Å². The summed E-state index contributed by atoms with van der Waals surface area (Å²) in [6, 6.07) is 12.5. The quantitative estimate of drug-likeness (QED) is 0.796. The lowest BCUT2D eigenvalue weighted by Crippen LogP contribution is -2.24. The first-order chi connectivity index (χ1) is 11.5. The Hall–Kier alpha value is -2.66. The molecule has 3 rings (SSSR count). The minimum Gasteiger partial charge on any atom is -0.325 e. The van der Waals surface area contributed by atoms with E-state index in [-0.39, 0.29) is 17.9 Å². The fraction of sp³-hybridized carbons (Fsp3) is 0.167. The number of aryl methyl sites for hydroxylation is 2. The van der Waals surface area contributed by atoms with Crippen molar-refractivity contribution in [3.63, 3.8) is 0 Å². The summed E-state index contributed by atoms with van der Waals surface area (Å²) in [6.07, 6.45) is 0.0700. The van der Waals surface area contributed by atoms with Gasteiger partial charge in [-0.3, -0.25) is 9.59 Å². The van der Waals surface area contributed by atoms with Gasteiger partial charge in [0.15, 0.2) is 0 Å². The maximum absolute atomic E-state index is 12.4. The van der Waals surface area contributed by atoms with Gasteiger partial charge in [-0.2, -0.15) is 5.10 Å². The van der Waals surface area contributed by atoms with Gasteiger partial charge in [0.25, 0.3) is 5.56 Å². The predicted molar refractivity (Wildman–Crippen MR) is 95.5 cm³/mol. The molecule has 1 heterocycles. The van der Waals surface area contributed by atoms with Crippen LogP contribution in [-0.2, 0) is 18.3 Å². The Morgan fingerprint density at radius 3 is 2.67 bits per heavy atom. The third-order valence-electron chi connectivity index (χ3n) is 3.83. The van der Waals surface area contributed by atoms with E-state index in [4.69, 9.17) is 11.6 Å². The van der Waals surface area contributed by atoms with Crippen LogP contribution in [0.2, 0.25) is 5.02 Å². The van der Waals surface area contributed by atoms with Crippen molar-refractivity contribution in [2.75, 3.05) is 5.32 Å². The monoisotopic (exact) mass is 341 g/mol. The molecule has 0 radical (unpaired) electrons. The van der Waals surface area contributed by atoms with E-state index in [0.29, 0.717) is 27.2 Å². The first-order valence-corrected chi connectivity index (χ1v) is 7.84. The third kappa shape index (κ3) is 3.16. The number of nitrogens with one attached hydrogen (secondary N) is 1. The van der Waals surface area contributed by atoms with E-state index < -0.39 is 0 Å². The van der Waals surface area contributed by atoms with Crippen LogP contribution in [0.25, 0.3) is 10.8 Å². The van der Waals surface area contributed by atoms with E-state index in [0.717, 1.165) is 5.56 Å². The first kappa shape index (κ1) is 16.2. The van der Waals surface area contributed by atoms with Gasteiger partial charge in [0.2, 0.25) is 5.91 Å². The summed E-state index contributed by atoms with van der Waals surface area (Å²) in [5.74, 6) is -0.211. The number of aromatic nitrogens is 2. The zero-order chi connectivity index (χ0) is 17.3. The lowest BCUT2D eigenvalue weighted by molar-refractivity contribution is -0.115. The summed E-state index contributed by atoms with van der Waals surface area (Å²) in [7, 11) is 1.58. The first-order valence-electron chi connectivity index (χ1n) is 7.46. The number of benzene rings is 2. The van der Waals surface area contributed by atoms with Gasteiger partial charge in [0.05, 0.1) is 17.5 Å². The van der Waals surface area contributed by atoms with Crippen LogP contribution in [0.1, 0.15) is 11.3 Å². The van der Waals surface area contributed by atoms with Crippen LogP contribution in [-0.4, -0.2) is 15.7 Å². The number of fused-ring (bicyclic) bond motifs is 1. The van der Waals surface area contributed by atoms with Crippen LogP contribution in [0.5, 0.6) is 0 Å². The second-order valence-electron chi connectivity index (χ2n) is 5.61. The number of carbonyl (C=O) groups is 1. The molecule has 0 atom stereocenters. The van der Waals surface area contributed by atoms with Gasteiger partial charge in [0.1, 0.15) is 0 Å². The van der Waals surface area contributed by atoms with Crippen LogP contribution >= 0.6 is 11.6 Å². The lowest BCUT2D eigenvalue weighted by atomic mass is 10.1. The van der Waals surface area contributed by atoms with E-state index in [1.165, 1.54) is 4.68 Å². The Kier molecular flexibility index (Phi) is 4.36. The number of halogens is 1. The van der Waals surface area contributed by atoms with Gasteiger partial charge < -0.3 is 5.32 Å². The Morgan fingerprint density at radius 1 is 1.21 bits per heavy atom. The summed E-state index contributed by atoms with van der Waals surface area (Å²) in [5.41, 5.74) is 1.97. The predicted octanol–water partition coefficient (Wildman–Crippen LogP) is 3.08. The highest BCUT2D eigenvalue weighted by Gasteiger charge is 2.13. The molecule has 0 fully saturated rings. The van der Waals surface area contributed by atoms with Crippen molar-refractivity contribution < 1.29 is 4.79 Å². The lowest BCUT2D eigenvalue weighted by Gasteiger charge is -2.10. The van der Waals surface area contributed by atoms with E-state index in [2.05, 4.69) is 10.4 Å². The zero-order valence-electron chi connectivity index (χ0n) is 13.3. The van der Waals surface area contributed by atoms with Gasteiger partial charge >= 0.3 is 0 Å². The Morgan fingerprint density at radius 2 is 1.92 bits per heavy atom. The summed E-state index contributed by atoms with van der Waals surface area (Å²) in [6.45, 7) is 1.89. The molecule has 0 saturated heterocycles. The van der Waals surface area contributed by atoms with Gasteiger partial charge in [-0.05, 0) is 30.7 Å². The molecule has 0 aliphatic heterocycles. The molecule has 1 aromatic heterocycles. The minimum absolute atomic E-state index is 0.0700. The normalized spacial score (nSPS) is 10.8. The zero-order valence-corrected chi connectivity index (χ0v) is 14.1. The molecule has 6 heteroatoms. The second-order valence-corrected chi connectivity index (χ2v) is 6.04. The molecule has 0 aliphatic carbocycles. The van der Waals surface area contributed by atoms with Crippen LogP contribution in [0.3, 0.4) is 0 Å². The van der Waals surface area contributed by atoms with Gasteiger partial charge in [-0.1, -0.05) is 35.9 Å². The molecule has 0 spiro atoms. The molecule has 0 unspecified atom stereocenters. The maximum Gasteiger partial charge on any atom is 0.274 e. The highest BCUT2D eigenvalue weighted by Crippen LogP contribution is 2.21. The van der Waals surface area contributed by atoms with Crippen molar-refractivity contribution in [2.45, 2.75) is 13.3 Å². The SMILES string of the molecule is Cc1ccc(Cl)cc1NC(=O)Cc1nn(C)c(=O)c2ccccc12. The number of anilines is 1. The van der Waals surface area contributed by atoms with Crippen molar-refractivity contribution in [2.24, 2.45) is 7.05 Å². The number of rotatable bonds is 3. The van der Waals surface area contributed by atoms with Crippen molar-refractivity contribution in [3.05, 3.63) is 69.1 Å². The van der Waals surface area contributed by atoms with Crippen LogP contribution < -0.4 is 10.9 Å². The molecule has 24 heavy (non-hydrogen) atoms. The third-order valence-corrected chi connectivity index (χ3v) is 4.07. The molecule has 0 bridgehead atoms. The van der Waals surface area contributed by atoms with Crippen molar-refractivity contribution >= 4 is 34.0 Å². The van der Waals surface area contributed by atoms with Crippen molar-refractivity contribution in [3.8, 4) is 0 Å². The van der Waals surface area contributed by atoms with Gasteiger partial charge in [-0.25, -0.2) is 4.68 Å². The summed E-state index contributed by atoms with van der Waals surface area (Å²) in [5, 5.41) is 8.89. The molecule has 1 amide bonds. The van der Waals surface area contributed by atoms with E-state index in [9.17, 15) is 9.59 Å². The van der Waals surface area contributed by atoms with E-state index >= 15 is 0 Å². The average molecular weight is 342 g/mol. The standard InChI is InChI=1S/C18H16ClN3O2/c1-11-7-8-12(19)9-15(11)20-17(23)10-16-13-5-3-4-6-14(13)18(24)22(2)21-16/h3-9H,10H2,1-2H3,(H,20,23). The molecular formula is C18H16ClN3O2. The number of nitrogens with zero attached hydrogens (tertiary/aromatic N) is 2. The topological polar surface area (TPSA) is 64.0 Å². The molecule has 122 valence electrons. The Labute approximate surface area is 143 Å². The highest BCUT2D eigenvalue weighted by molar-refractivity contribution is 6.31. The average Bonchev–Trinajstić information content (AvgIpc) is 2.56. The fourth-order valence-corrected chi connectivity index (χ4v) is 2.75. The maximum atomic E-state index is 12.4. The molecular weight excluding hydrogens is 326 g/mol. The Balaban J connectivity index is 1.92. The summed E-state index contributed by atoms with van der Waals surface area (Å²) < 4.78 is 1.26. The van der Waals surface area contributed by atoms with Gasteiger partial charge in [0, 0.05) is 23.1 Å². The van der Waals surface area contributed by atoms with E-state index in [1.807, 2.05) is 19.1 Å². The van der Waals surface area contributed by atoms with Crippen LogP contribution in [0.4, 0.5) is 5.69 Å². The number of hydrogen-bond donors (Lipinski definition) is 1. The fourth-order valence-electron chi connectivity index (χ4n) is 2.58. The number of amides is 1. The molecule has 2 aromatic carbocycles. The molecule has 5 nitrogen and oxygen atoms in total. The highest BCUT2D eigenvalue weighted by atomic mass is 35.5. The largest absolute Gasteiger partial charge is 0.325 e. The number of hydrogen-bond acceptors (Lipinski definition) is 3. The van der Waals surface area contributed by atoms with Crippen LogP contribution in [0.15, 0.2) is 47.3 Å². The smallest absolute Gasteiger partial charge is 0.274 e. The van der Waals surface area contributed by atoms with Crippen molar-refractivity contribution in [1.29, 1.82) is 0 Å². The molecule has 1 N–H and O–H groups in total. The van der Waals surface area contributed by atoms with Crippen LogP contribution in [0, 0.1) is 6.92 Å². The minimum atomic E-state index is -0.211. The van der Waals surface area contributed by atoms with Gasteiger partial charge in [-0.15, -0.1) is 0 Å². The number of carbonyl (C=O) groups excluding carboxylic acids is 1. The Bertz CT molecular complexity index is 995.